The summed E-state index contributed by atoms with van der Waals surface area (Å²) in [5, 5.41) is 0. The molecule has 1 atom stereocenters. The van der Waals surface area contributed by atoms with Crippen LogP contribution in [0.25, 0.3) is 0 Å². The monoisotopic (exact) mass is 270 g/mol. The first-order valence-electron chi connectivity index (χ1n) is 4.77. The number of aromatic nitrogens is 2. The molecule has 4 nitrogen and oxygen atoms in total. The molecule has 1 aliphatic rings. The predicted octanol–water partition coefficient (Wildman–Crippen LogP) is 1.91. The van der Waals surface area contributed by atoms with Crippen LogP contribution in [0.2, 0.25) is 0 Å². The van der Waals surface area contributed by atoms with Crippen LogP contribution >= 0.6 is 15.9 Å². The van der Waals surface area contributed by atoms with Crippen LogP contribution in [-0.2, 0) is 9.53 Å². The van der Waals surface area contributed by atoms with E-state index in [0.717, 1.165) is 23.0 Å². The standard InChI is InChI=1S/C10H11BrN2O2/c1-15-10(14)8(6-2-3-6)9-7(11)4-12-5-13-9/h4-6,8H,2-3H2,1H3. The molecular weight excluding hydrogens is 260 g/mol. The van der Waals surface area contributed by atoms with Gasteiger partial charge in [-0.15, -0.1) is 0 Å². The Labute approximate surface area is 96.2 Å². The highest BCUT2D eigenvalue weighted by atomic mass is 79.9. The highest BCUT2D eigenvalue weighted by molar-refractivity contribution is 9.10. The van der Waals surface area contributed by atoms with E-state index in [1.54, 1.807) is 6.20 Å². The zero-order chi connectivity index (χ0) is 10.8. The summed E-state index contributed by atoms with van der Waals surface area (Å²) >= 11 is 3.36. The Morgan fingerprint density at radius 2 is 2.40 bits per heavy atom. The predicted molar refractivity (Wildman–Crippen MR) is 57.2 cm³/mol. The van der Waals surface area contributed by atoms with Gasteiger partial charge >= 0.3 is 5.97 Å². The zero-order valence-corrected chi connectivity index (χ0v) is 9.90. The Morgan fingerprint density at radius 1 is 1.67 bits per heavy atom. The van der Waals surface area contributed by atoms with Crippen molar-refractivity contribution in [1.82, 2.24) is 9.97 Å². The van der Waals surface area contributed by atoms with Gasteiger partial charge in [0.15, 0.2) is 0 Å². The minimum absolute atomic E-state index is 0.211. The first kappa shape index (κ1) is 10.5. The third-order valence-electron chi connectivity index (χ3n) is 2.54. The molecule has 80 valence electrons. The van der Waals surface area contributed by atoms with Crippen LogP contribution in [0.1, 0.15) is 24.5 Å². The summed E-state index contributed by atoms with van der Waals surface area (Å²) in [4.78, 5) is 19.7. The van der Waals surface area contributed by atoms with Crippen LogP contribution < -0.4 is 0 Å². The fourth-order valence-corrected chi connectivity index (χ4v) is 2.10. The summed E-state index contributed by atoms with van der Waals surface area (Å²) in [5.74, 6) is -0.0760. The molecule has 0 bridgehead atoms. The molecule has 1 saturated carbocycles. The topological polar surface area (TPSA) is 52.1 Å². The maximum Gasteiger partial charge on any atom is 0.315 e. The molecule has 0 saturated heterocycles. The number of ether oxygens (including phenoxy) is 1. The number of methoxy groups -OCH3 is 1. The molecule has 1 fully saturated rings. The lowest BCUT2D eigenvalue weighted by atomic mass is 10.00. The van der Waals surface area contributed by atoms with Gasteiger partial charge in [-0.25, -0.2) is 9.97 Å². The van der Waals surface area contributed by atoms with Crippen LogP contribution in [0.15, 0.2) is 17.0 Å². The second kappa shape index (κ2) is 4.26. The van der Waals surface area contributed by atoms with E-state index < -0.39 is 0 Å². The Bertz CT molecular complexity index is 379. The highest BCUT2D eigenvalue weighted by Crippen LogP contribution is 2.44. The molecule has 0 N–H and O–H groups in total. The van der Waals surface area contributed by atoms with E-state index in [1.807, 2.05) is 0 Å². The lowest BCUT2D eigenvalue weighted by Gasteiger charge is -2.13. The molecule has 0 spiro atoms. The van der Waals surface area contributed by atoms with Crippen LogP contribution in [0.4, 0.5) is 0 Å². The van der Waals surface area contributed by atoms with Crippen LogP contribution in [0, 0.1) is 5.92 Å². The average Bonchev–Trinajstić information content (AvgIpc) is 3.05. The Kier molecular flexibility index (Phi) is 3.00. The number of halogens is 1. The van der Waals surface area contributed by atoms with E-state index in [9.17, 15) is 4.79 Å². The Hall–Kier alpha value is -0.970. The molecule has 1 aliphatic carbocycles. The van der Waals surface area contributed by atoms with Gasteiger partial charge in [0.05, 0.1) is 17.3 Å². The maximum absolute atomic E-state index is 11.6. The minimum atomic E-state index is -0.243. The third-order valence-corrected chi connectivity index (χ3v) is 3.15. The van der Waals surface area contributed by atoms with Gasteiger partial charge in [0.2, 0.25) is 0 Å². The molecule has 2 rings (SSSR count). The summed E-state index contributed by atoms with van der Waals surface area (Å²) in [7, 11) is 1.41. The average molecular weight is 271 g/mol. The van der Waals surface area contributed by atoms with Gasteiger partial charge in [0.1, 0.15) is 12.2 Å². The SMILES string of the molecule is COC(=O)C(c1ncncc1Br)C1CC1. The molecule has 15 heavy (non-hydrogen) atoms. The van der Waals surface area contributed by atoms with E-state index in [0.29, 0.717) is 5.92 Å². The van der Waals surface area contributed by atoms with E-state index in [4.69, 9.17) is 4.74 Å². The third kappa shape index (κ3) is 2.17. The smallest absolute Gasteiger partial charge is 0.315 e. The summed E-state index contributed by atoms with van der Waals surface area (Å²) in [6.07, 6.45) is 5.24. The number of hydrogen-bond donors (Lipinski definition) is 0. The molecule has 1 heterocycles. The van der Waals surface area contributed by atoms with Gasteiger partial charge in [-0.05, 0) is 34.7 Å². The molecule has 1 aromatic rings. The molecule has 0 aromatic carbocycles. The molecule has 1 aromatic heterocycles. The van der Waals surface area contributed by atoms with Crippen LogP contribution in [-0.4, -0.2) is 23.0 Å². The molecular formula is C10H11BrN2O2. The molecule has 0 amide bonds. The number of rotatable bonds is 3. The van der Waals surface area contributed by atoms with Gasteiger partial charge in [-0.1, -0.05) is 0 Å². The van der Waals surface area contributed by atoms with Crippen molar-refractivity contribution in [3.8, 4) is 0 Å². The summed E-state index contributed by atoms with van der Waals surface area (Å²) in [6, 6.07) is 0. The van der Waals surface area contributed by atoms with Crippen molar-refractivity contribution in [3.05, 3.63) is 22.7 Å². The van der Waals surface area contributed by atoms with Crippen molar-refractivity contribution >= 4 is 21.9 Å². The van der Waals surface area contributed by atoms with Crippen molar-refractivity contribution < 1.29 is 9.53 Å². The first-order valence-corrected chi connectivity index (χ1v) is 5.56. The van der Waals surface area contributed by atoms with Crippen molar-refractivity contribution in [2.75, 3.05) is 7.11 Å². The summed E-state index contributed by atoms with van der Waals surface area (Å²) in [6.45, 7) is 0. The van der Waals surface area contributed by atoms with Crippen molar-refractivity contribution in [2.24, 2.45) is 5.92 Å². The zero-order valence-electron chi connectivity index (χ0n) is 8.31. The van der Waals surface area contributed by atoms with E-state index in [1.165, 1.54) is 13.4 Å². The van der Waals surface area contributed by atoms with Gasteiger partial charge in [0.25, 0.3) is 0 Å². The van der Waals surface area contributed by atoms with Crippen LogP contribution in [0.3, 0.4) is 0 Å². The van der Waals surface area contributed by atoms with E-state index in [2.05, 4.69) is 25.9 Å². The molecule has 1 unspecified atom stereocenters. The van der Waals surface area contributed by atoms with Gasteiger partial charge in [-0.2, -0.15) is 0 Å². The highest BCUT2D eigenvalue weighted by Gasteiger charge is 2.40. The summed E-state index contributed by atoms with van der Waals surface area (Å²) < 4.78 is 5.57. The molecule has 0 radical (unpaired) electrons. The van der Waals surface area contributed by atoms with Crippen molar-refractivity contribution in [2.45, 2.75) is 18.8 Å². The number of nitrogens with zero attached hydrogens (tertiary/aromatic N) is 2. The van der Waals surface area contributed by atoms with E-state index in [-0.39, 0.29) is 11.9 Å². The largest absolute Gasteiger partial charge is 0.468 e. The fraction of sp³-hybridized carbons (Fsp3) is 0.500. The fourth-order valence-electron chi connectivity index (χ4n) is 1.63. The van der Waals surface area contributed by atoms with Crippen LogP contribution in [0.5, 0.6) is 0 Å². The van der Waals surface area contributed by atoms with Crippen molar-refractivity contribution in [3.63, 3.8) is 0 Å². The lowest BCUT2D eigenvalue weighted by Crippen LogP contribution is -2.18. The van der Waals surface area contributed by atoms with E-state index >= 15 is 0 Å². The normalized spacial score (nSPS) is 17.2. The minimum Gasteiger partial charge on any atom is -0.468 e. The molecule has 5 heteroatoms. The van der Waals surface area contributed by atoms with Gasteiger partial charge in [-0.3, -0.25) is 4.79 Å². The van der Waals surface area contributed by atoms with Crippen molar-refractivity contribution in [1.29, 1.82) is 0 Å². The molecule has 0 aliphatic heterocycles. The van der Waals surface area contributed by atoms with Gasteiger partial charge < -0.3 is 4.74 Å². The maximum atomic E-state index is 11.6. The van der Waals surface area contributed by atoms with Gasteiger partial charge in [0, 0.05) is 6.20 Å². The Morgan fingerprint density at radius 3 is 2.93 bits per heavy atom. The second-order valence-electron chi connectivity index (χ2n) is 3.59. The first-order chi connectivity index (χ1) is 7.24. The number of carbonyl (C=O) groups excluding carboxylic acids is 1. The number of carbonyl (C=O) groups is 1. The number of esters is 1. The summed E-state index contributed by atoms with van der Waals surface area (Å²) in [5.41, 5.74) is 0.736. The Balaban J connectivity index is 2.32. The number of hydrogen-bond acceptors (Lipinski definition) is 4. The quantitative estimate of drug-likeness (QED) is 0.788. The lowest BCUT2D eigenvalue weighted by molar-refractivity contribution is -0.143. The second-order valence-corrected chi connectivity index (χ2v) is 4.45.